The lowest BCUT2D eigenvalue weighted by atomic mass is 9.76. The number of aliphatic carboxylic acids is 2. The molecule has 0 aromatic heterocycles. The normalized spacial score (nSPS) is 20.0. The van der Waals surface area contributed by atoms with Crippen molar-refractivity contribution in [2.45, 2.75) is 103 Å². The van der Waals surface area contributed by atoms with Gasteiger partial charge in [0.1, 0.15) is 12.6 Å². The summed E-state index contributed by atoms with van der Waals surface area (Å²) in [6.45, 7) is 1.56. The number of unbranched alkanes of at least 4 members (excludes halogenated alkanes) is 1. The summed E-state index contributed by atoms with van der Waals surface area (Å²) in [6, 6.07) is 8.24. The third kappa shape index (κ3) is 11.6. The second kappa shape index (κ2) is 18.1. The maximum atomic E-state index is 13.5. The second-order valence-corrected chi connectivity index (χ2v) is 12.6. The monoisotopic (exact) mass is 644 g/mol. The number of rotatable bonds is 17. The first-order chi connectivity index (χ1) is 22.0. The van der Waals surface area contributed by atoms with Crippen LogP contribution in [0.4, 0.5) is 4.79 Å². The van der Waals surface area contributed by atoms with E-state index in [1.54, 1.807) is 0 Å². The van der Waals surface area contributed by atoms with Crippen LogP contribution in [0.1, 0.15) is 89.5 Å². The van der Waals surface area contributed by atoms with Gasteiger partial charge in [-0.15, -0.1) is 0 Å². The van der Waals surface area contributed by atoms with E-state index >= 15 is 0 Å². The summed E-state index contributed by atoms with van der Waals surface area (Å²) >= 11 is 0. The minimum atomic E-state index is -1.12. The minimum absolute atomic E-state index is 0.0652. The Labute approximate surface area is 269 Å². The SMILES string of the molecule is CC(=O)N[C@@H](CCCCNC(=O)OCc1ccccc1)C(=O)NCC(CC1(C(=O)NC2CCC(C(=O)O)CC2)CCCC1)C(=O)O. The summed E-state index contributed by atoms with van der Waals surface area (Å²) in [5, 5.41) is 30.3. The molecule has 2 saturated carbocycles. The fraction of sp³-hybridized carbons (Fsp3) is 0.636. The third-order valence-corrected chi connectivity index (χ3v) is 9.06. The van der Waals surface area contributed by atoms with Gasteiger partial charge in [-0.3, -0.25) is 24.0 Å². The largest absolute Gasteiger partial charge is 0.481 e. The Hall–Kier alpha value is -4.16. The number of carboxylic acids is 2. The first kappa shape index (κ1) is 36.3. The van der Waals surface area contributed by atoms with E-state index in [1.165, 1.54) is 6.92 Å². The molecule has 4 amide bonds. The van der Waals surface area contributed by atoms with Gasteiger partial charge in [0.2, 0.25) is 17.7 Å². The first-order valence-electron chi connectivity index (χ1n) is 16.2. The van der Waals surface area contributed by atoms with Crippen LogP contribution in [0.25, 0.3) is 0 Å². The van der Waals surface area contributed by atoms with Crippen molar-refractivity contribution < 1.29 is 43.7 Å². The predicted octanol–water partition coefficient (Wildman–Crippen LogP) is 3.11. The lowest BCUT2D eigenvalue weighted by molar-refractivity contribution is -0.144. The van der Waals surface area contributed by atoms with Crippen molar-refractivity contribution >= 4 is 35.8 Å². The molecule has 0 radical (unpaired) electrons. The Morgan fingerprint density at radius 2 is 1.61 bits per heavy atom. The molecule has 1 aromatic rings. The van der Waals surface area contributed by atoms with Crippen LogP contribution in [0.5, 0.6) is 0 Å². The van der Waals surface area contributed by atoms with E-state index in [9.17, 15) is 39.0 Å². The van der Waals surface area contributed by atoms with Gasteiger partial charge in [-0.05, 0) is 69.8 Å². The van der Waals surface area contributed by atoms with Crippen LogP contribution in [-0.2, 0) is 35.3 Å². The molecule has 2 aliphatic carbocycles. The Morgan fingerprint density at radius 3 is 2.22 bits per heavy atom. The number of carbonyl (C=O) groups excluding carboxylic acids is 4. The maximum absolute atomic E-state index is 13.5. The molecule has 3 rings (SSSR count). The van der Waals surface area contributed by atoms with Crippen molar-refractivity contribution in [2.24, 2.45) is 17.3 Å². The van der Waals surface area contributed by atoms with Crippen molar-refractivity contribution in [3.63, 3.8) is 0 Å². The molecule has 6 N–H and O–H groups in total. The molecule has 1 aromatic carbocycles. The van der Waals surface area contributed by atoms with Crippen LogP contribution in [0, 0.1) is 17.3 Å². The van der Waals surface area contributed by atoms with Crippen molar-refractivity contribution in [3.8, 4) is 0 Å². The molecular weight excluding hydrogens is 596 g/mol. The van der Waals surface area contributed by atoms with E-state index in [0.717, 1.165) is 18.4 Å². The molecule has 2 fully saturated rings. The Balaban J connectivity index is 1.47. The van der Waals surface area contributed by atoms with E-state index in [1.807, 2.05) is 30.3 Å². The zero-order valence-corrected chi connectivity index (χ0v) is 26.6. The lowest BCUT2D eigenvalue weighted by Crippen LogP contribution is -2.50. The van der Waals surface area contributed by atoms with Crippen LogP contribution < -0.4 is 21.3 Å². The van der Waals surface area contributed by atoms with Crippen LogP contribution in [0.2, 0.25) is 0 Å². The molecular formula is C33H48N4O9. The number of hydrogen-bond acceptors (Lipinski definition) is 7. The van der Waals surface area contributed by atoms with Crippen molar-refractivity contribution in [2.75, 3.05) is 13.1 Å². The number of hydrogen-bond donors (Lipinski definition) is 6. The fourth-order valence-electron chi connectivity index (χ4n) is 6.42. The summed E-state index contributed by atoms with van der Waals surface area (Å²) in [5.74, 6) is -4.48. The number of benzene rings is 1. The quantitative estimate of drug-likeness (QED) is 0.138. The van der Waals surface area contributed by atoms with Gasteiger partial charge in [0.15, 0.2) is 0 Å². The van der Waals surface area contributed by atoms with Gasteiger partial charge in [-0.2, -0.15) is 0 Å². The molecule has 2 atom stereocenters. The van der Waals surface area contributed by atoms with Crippen molar-refractivity contribution in [1.82, 2.24) is 21.3 Å². The zero-order valence-electron chi connectivity index (χ0n) is 26.6. The second-order valence-electron chi connectivity index (χ2n) is 12.6. The van der Waals surface area contributed by atoms with Crippen molar-refractivity contribution in [3.05, 3.63) is 35.9 Å². The van der Waals surface area contributed by atoms with Gasteiger partial charge in [0, 0.05) is 26.1 Å². The zero-order chi connectivity index (χ0) is 33.5. The molecule has 0 bridgehead atoms. The van der Waals surface area contributed by atoms with Gasteiger partial charge in [0.05, 0.1) is 17.3 Å². The Bertz CT molecular complexity index is 1190. The molecule has 0 heterocycles. The average molecular weight is 645 g/mol. The highest BCUT2D eigenvalue weighted by Crippen LogP contribution is 2.44. The van der Waals surface area contributed by atoms with Crippen molar-refractivity contribution in [1.29, 1.82) is 0 Å². The molecule has 13 heteroatoms. The molecule has 0 spiro atoms. The highest BCUT2D eigenvalue weighted by Gasteiger charge is 2.45. The number of amides is 4. The van der Waals surface area contributed by atoms with Crippen LogP contribution in [0.15, 0.2) is 30.3 Å². The van der Waals surface area contributed by atoms with Crippen LogP contribution in [-0.4, -0.2) is 71.1 Å². The number of ether oxygens (including phenoxy) is 1. The highest BCUT2D eigenvalue weighted by molar-refractivity contribution is 5.87. The Morgan fingerprint density at radius 1 is 0.935 bits per heavy atom. The summed E-state index contributed by atoms with van der Waals surface area (Å²) < 4.78 is 5.18. The summed E-state index contributed by atoms with van der Waals surface area (Å²) in [4.78, 5) is 73.9. The van der Waals surface area contributed by atoms with Gasteiger partial charge in [-0.1, -0.05) is 43.2 Å². The summed E-state index contributed by atoms with van der Waals surface area (Å²) in [6.07, 6.45) is 5.60. The standard InChI is InChI=1S/C33H48N4O9/c1-22(38)36-27(11-5-8-18-34-32(45)46-21-23-9-3-2-4-10-23)28(39)35-20-25(30(42)43)19-33(16-6-7-17-33)31(44)37-26-14-12-24(13-15-26)29(40)41/h2-4,9-10,24-27H,5-8,11-21H2,1H3,(H,34,45)(H,35,39)(H,36,38)(H,37,44)(H,40,41)(H,42,43)/t24?,25?,26?,27-/m0/s1. The van der Waals surface area contributed by atoms with Gasteiger partial charge in [0.25, 0.3) is 0 Å². The summed E-state index contributed by atoms with van der Waals surface area (Å²) in [7, 11) is 0. The molecule has 2 aliphatic rings. The molecule has 0 saturated heterocycles. The average Bonchev–Trinajstić information content (AvgIpc) is 3.51. The van der Waals surface area contributed by atoms with Crippen LogP contribution in [0.3, 0.4) is 0 Å². The number of nitrogens with one attached hydrogen (secondary N) is 4. The van der Waals surface area contributed by atoms with Gasteiger partial charge in [-0.25, -0.2) is 4.79 Å². The molecule has 0 aliphatic heterocycles. The molecule has 1 unspecified atom stereocenters. The van der Waals surface area contributed by atoms with E-state index in [0.29, 0.717) is 57.9 Å². The van der Waals surface area contributed by atoms with E-state index in [2.05, 4.69) is 21.3 Å². The van der Waals surface area contributed by atoms with Gasteiger partial charge >= 0.3 is 18.0 Å². The smallest absolute Gasteiger partial charge is 0.407 e. The van der Waals surface area contributed by atoms with Crippen LogP contribution >= 0.6 is 0 Å². The number of carbonyl (C=O) groups is 6. The fourth-order valence-corrected chi connectivity index (χ4v) is 6.42. The summed E-state index contributed by atoms with van der Waals surface area (Å²) in [5.41, 5.74) is -0.00528. The lowest BCUT2D eigenvalue weighted by Gasteiger charge is -2.34. The third-order valence-electron chi connectivity index (χ3n) is 9.06. The minimum Gasteiger partial charge on any atom is -0.481 e. The van der Waals surface area contributed by atoms with Gasteiger partial charge < -0.3 is 36.2 Å². The first-order valence-corrected chi connectivity index (χ1v) is 16.2. The van der Waals surface area contributed by atoms with E-state index in [-0.39, 0.29) is 37.9 Å². The Kier molecular flexibility index (Phi) is 14.3. The molecule has 13 nitrogen and oxygen atoms in total. The highest BCUT2D eigenvalue weighted by atomic mass is 16.5. The molecule has 46 heavy (non-hydrogen) atoms. The topological polar surface area (TPSA) is 200 Å². The number of alkyl carbamates (subject to hydrolysis) is 1. The maximum Gasteiger partial charge on any atom is 0.407 e. The number of carboxylic acid groups (broad SMARTS) is 2. The van der Waals surface area contributed by atoms with E-state index in [4.69, 9.17) is 4.74 Å². The molecule has 254 valence electrons. The van der Waals surface area contributed by atoms with E-state index < -0.39 is 53.1 Å². The predicted molar refractivity (Wildman–Crippen MR) is 167 cm³/mol.